The maximum absolute atomic E-state index is 11.8. The molecule has 0 spiro atoms. The van der Waals surface area contributed by atoms with E-state index in [9.17, 15) is 4.79 Å². The summed E-state index contributed by atoms with van der Waals surface area (Å²) in [4.78, 5) is 11.8. The lowest BCUT2D eigenvalue weighted by molar-refractivity contribution is -0.115. The zero-order chi connectivity index (χ0) is 14.4. The van der Waals surface area contributed by atoms with Crippen molar-refractivity contribution in [2.75, 3.05) is 17.2 Å². The first kappa shape index (κ1) is 14.7. The third kappa shape index (κ3) is 4.44. The highest BCUT2D eigenvalue weighted by Gasteiger charge is 2.06. The van der Waals surface area contributed by atoms with Crippen LogP contribution in [0.3, 0.4) is 0 Å². The number of benzene rings is 2. The van der Waals surface area contributed by atoms with Crippen molar-refractivity contribution in [1.29, 1.82) is 0 Å². The Bertz CT molecular complexity index is 588. The number of halogens is 2. The summed E-state index contributed by atoms with van der Waals surface area (Å²) < 4.78 is 0. The number of para-hydroxylation sites is 1. The van der Waals surface area contributed by atoms with Crippen LogP contribution in [0.4, 0.5) is 11.4 Å². The van der Waals surface area contributed by atoms with E-state index < -0.39 is 0 Å². The van der Waals surface area contributed by atoms with E-state index in [1.165, 1.54) is 0 Å². The predicted octanol–water partition coefficient (Wildman–Crippen LogP) is 4.43. The molecule has 0 aliphatic heterocycles. The SMILES string of the molecule is O=C(CCNc1ccccc1)Nc1cc(Cl)ccc1Cl. The van der Waals surface area contributed by atoms with Crippen LogP contribution in [0, 0.1) is 0 Å². The molecule has 0 aromatic heterocycles. The monoisotopic (exact) mass is 308 g/mol. The van der Waals surface area contributed by atoms with E-state index in [0.29, 0.717) is 28.7 Å². The van der Waals surface area contributed by atoms with Gasteiger partial charge in [-0.1, -0.05) is 41.4 Å². The van der Waals surface area contributed by atoms with Gasteiger partial charge >= 0.3 is 0 Å². The zero-order valence-electron chi connectivity index (χ0n) is 10.7. The summed E-state index contributed by atoms with van der Waals surface area (Å²) in [6.07, 6.45) is 0.345. The van der Waals surface area contributed by atoms with E-state index in [1.54, 1.807) is 18.2 Å². The molecule has 0 saturated heterocycles. The van der Waals surface area contributed by atoms with Crippen LogP contribution < -0.4 is 10.6 Å². The summed E-state index contributed by atoms with van der Waals surface area (Å²) in [6.45, 7) is 0.550. The van der Waals surface area contributed by atoms with Crippen molar-refractivity contribution in [3.63, 3.8) is 0 Å². The molecule has 5 heteroatoms. The van der Waals surface area contributed by atoms with Crippen LogP contribution in [0.15, 0.2) is 48.5 Å². The van der Waals surface area contributed by atoms with E-state index in [4.69, 9.17) is 23.2 Å². The van der Waals surface area contributed by atoms with Gasteiger partial charge in [-0.05, 0) is 30.3 Å². The maximum atomic E-state index is 11.8. The predicted molar refractivity (Wildman–Crippen MR) is 84.6 cm³/mol. The van der Waals surface area contributed by atoms with Gasteiger partial charge < -0.3 is 10.6 Å². The van der Waals surface area contributed by atoms with Crippen LogP contribution in [-0.4, -0.2) is 12.5 Å². The number of hydrogen-bond donors (Lipinski definition) is 2. The Morgan fingerprint density at radius 3 is 2.55 bits per heavy atom. The van der Waals surface area contributed by atoms with Crippen LogP contribution in [0.25, 0.3) is 0 Å². The third-order valence-corrected chi connectivity index (χ3v) is 3.22. The topological polar surface area (TPSA) is 41.1 Å². The van der Waals surface area contributed by atoms with E-state index in [1.807, 2.05) is 30.3 Å². The van der Waals surface area contributed by atoms with Crippen molar-refractivity contribution >= 4 is 40.5 Å². The smallest absolute Gasteiger partial charge is 0.226 e. The van der Waals surface area contributed by atoms with Gasteiger partial charge in [0.25, 0.3) is 0 Å². The molecule has 3 nitrogen and oxygen atoms in total. The molecule has 2 aromatic carbocycles. The van der Waals surface area contributed by atoms with Gasteiger partial charge in [-0.25, -0.2) is 0 Å². The van der Waals surface area contributed by atoms with E-state index in [0.717, 1.165) is 5.69 Å². The minimum atomic E-state index is -0.113. The van der Waals surface area contributed by atoms with Crippen LogP contribution in [-0.2, 0) is 4.79 Å². The fourth-order valence-corrected chi connectivity index (χ4v) is 2.02. The Balaban J connectivity index is 1.82. The van der Waals surface area contributed by atoms with Crippen molar-refractivity contribution in [1.82, 2.24) is 0 Å². The van der Waals surface area contributed by atoms with Gasteiger partial charge in [0, 0.05) is 23.7 Å². The molecule has 1 amide bonds. The quantitative estimate of drug-likeness (QED) is 0.857. The largest absolute Gasteiger partial charge is 0.385 e. The van der Waals surface area contributed by atoms with Crippen molar-refractivity contribution in [2.45, 2.75) is 6.42 Å². The molecule has 0 heterocycles. The molecule has 0 atom stereocenters. The normalized spacial score (nSPS) is 10.1. The molecule has 20 heavy (non-hydrogen) atoms. The van der Waals surface area contributed by atoms with Gasteiger partial charge in [0.2, 0.25) is 5.91 Å². The molecule has 2 aromatic rings. The molecule has 0 bridgehead atoms. The Hall–Kier alpha value is -1.71. The molecule has 0 aliphatic rings. The van der Waals surface area contributed by atoms with E-state index >= 15 is 0 Å². The average molecular weight is 309 g/mol. The van der Waals surface area contributed by atoms with Crippen LogP contribution in [0.2, 0.25) is 10.0 Å². The van der Waals surface area contributed by atoms with Gasteiger partial charge in [-0.3, -0.25) is 4.79 Å². The lowest BCUT2D eigenvalue weighted by Crippen LogP contribution is -2.16. The highest BCUT2D eigenvalue weighted by Crippen LogP contribution is 2.25. The first-order chi connectivity index (χ1) is 9.65. The Labute approximate surface area is 127 Å². The van der Waals surface area contributed by atoms with Crippen molar-refractivity contribution in [3.05, 3.63) is 58.6 Å². The number of hydrogen-bond acceptors (Lipinski definition) is 2. The molecule has 0 fully saturated rings. The van der Waals surface area contributed by atoms with Crippen molar-refractivity contribution in [3.8, 4) is 0 Å². The molecule has 0 saturated carbocycles. The highest BCUT2D eigenvalue weighted by molar-refractivity contribution is 6.35. The maximum Gasteiger partial charge on any atom is 0.226 e. The van der Waals surface area contributed by atoms with Crippen molar-refractivity contribution in [2.24, 2.45) is 0 Å². The molecule has 2 N–H and O–H groups in total. The molecule has 0 radical (unpaired) electrons. The summed E-state index contributed by atoms with van der Waals surface area (Å²) in [5.41, 5.74) is 1.52. The number of rotatable bonds is 5. The van der Waals surface area contributed by atoms with E-state index in [2.05, 4.69) is 10.6 Å². The van der Waals surface area contributed by atoms with Gasteiger partial charge in [-0.15, -0.1) is 0 Å². The first-order valence-corrected chi connectivity index (χ1v) is 6.94. The summed E-state index contributed by atoms with van der Waals surface area (Å²) >= 11 is 11.8. The molecule has 0 unspecified atom stereocenters. The molecule has 2 rings (SSSR count). The minimum absolute atomic E-state index is 0.113. The summed E-state index contributed by atoms with van der Waals surface area (Å²) in [7, 11) is 0. The van der Waals surface area contributed by atoms with Crippen LogP contribution in [0.1, 0.15) is 6.42 Å². The molecule has 0 aliphatic carbocycles. The van der Waals surface area contributed by atoms with E-state index in [-0.39, 0.29) is 5.91 Å². The van der Waals surface area contributed by atoms with Crippen molar-refractivity contribution < 1.29 is 4.79 Å². The summed E-state index contributed by atoms with van der Waals surface area (Å²) in [5.74, 6) is -0.113. The lowest BCUT2D eigenvalue weighted by atomic mass is 10.3. The number of nitrogens with one attached hydrogen (secondary N) is 2. The fraction of sp³-hybridized carbons (Fsp3) is 0.133. The minimum Gasteiger partial charge on any atom is -0.385 e. The Kier molecular flexibility index (Phi) is 5.27. The summed E-state index contributed by atoms with van der Waals surface area (Å²) in [6, 6.07) is 14.7. The van der Waals surface area contributed by atoms with Gasteiger partial charge in [0.05, 0.1) is 10.7 Å². The van der Waals surface area contributed by atoms with Crippen LogP contribution in [0.5, 0.6) is 0 Å². The van der Waals surface area contributed by atoms with Crippen LogP contribution >= 0.6 is 23.2 Å². The average Bonchev–Trinajstić information content (AvgIpc) is 2.44. The lowest BCUT2D eigenvalue weighted by Gasteiger charge is -2.09. The van der Waals surface area contributed by atoms with Gasteiger partial charge in [-0.2, -0.15) is 0 Å². The molecular formula is C15H14Cl2N2O. The Morgan fingerprint density at radius 2 is 1.80 bits per heavy atom. The molecule has 104 valence electrons. The fourth-order valence-electron chi connectivity index (χ4n) is 1.68. The standard InChI is InChI=1S/C15H14Cl2N2O/c16-11-6-7-13(17)14(10-11)19-15(20)8-9-18-12-4-2-1-3-5-12/h1-7,10,18H,8-9H2,(H,19,20). The second kappa shape index (κ2) is 7.17. The number of amides is 1. The zero-order valence-corrected chi connectivity index (χ0v) is 12.2. The van der Waals surface area contributed by atoms with Gasteiger partial charge in [0.15, 0.2) is 0 Å². The second-order valence-electron chi connectivity index (χ2n) is 4.22. The highest BCUT2D eigenvalue weighted by atomic mass is 35.5. The molecular weight excluding hydrogens is 295 g/mol. The third-order valence-electron chi connectivity index (χ3n) is 2.66. The number of carbonyl (C=O) groups is 1. The van der Waals surface area contributed by atoms with Gasteiger partial charge in [0.1, 0.15) is 0 Å². The number of anilines is 2. The Morgan fingerprint density at radius 1 is 1.05 bits per heavy atom. The number of carbonyl (C=O) groups excluding carboxylic acids is 1. The first-order valence-electron chi connectivity index (χ1n) is 6.19. The second-order valence-corrected chi connectivity index (χ2v) is 5.06. The summed E-state index contributed by atoms with van der Waals surface area (Å²) in [5, 5.41) is 6.91.